The molecule has 0 bridgehead atoms. The SMILES string of the molecule is C/C=C/C[C@@](C#N)(CC(C)=O)C(=O)OC. The number of esters is 1. The number of carbonyl (C=O) groups is 2. The fourth-order valence-electron chi connectivity index (χ4n) is 1.30. The van der Waals surface area contributed by atoms with Crippen LogP contribution >= 0.6 is 0 Å². The van der Waals surface area contributed by atoms with Gasteiger partial charge in [0.15, 0.2) is 5.41 Å². The molecule has 0 aromatic heterocycles. The Kier molecular flexibility index (Phi) is 5.32. The Bertz CT molecular complexity index is 314. The molecular formula is C11H15NO3. The van der Waals surface area contributed by atoms with Crippen LogP contribution in [0.1, 0.15) is 26.7 Å². The van der Waals surface area contributed by atoms with Gasteiger partial charge in [-0.3, -0.25) is 9.59 Å². The number of carbonyl (C=O) groups excluding carboxylic acids is 2. The molecule has 0 aromatic rings. The molecule has 0 rings (SSSR count). The molecule has 0 heterocycles. The molecule has 0 N–H and O–H groups in total. The summed E-state index contributed by atoms with van der Waals surface area (Å²) in [6.45, 7) is 3.14. The van der Waals surface area contributed by atoms with Crippen LogP contribution in [-0.2, 0) is 14.3 Å². The van der Waals surface area contributed by atoms with Crippen molar-refractivity contribution in [2.24, 2.45) is 5.41 Å². The third-order valence-corrected chi connectivity index (χ3v) is 2.04. The Morgan fingerprint density at radius 3 is 2.47 bits per heavy atom. The predicted molar refractivity (Wildman–Crippen MR) is 54.8 cm³/mol. The van der Waals surface area contributed by atoms with Crippen LogP contribution in [-0.4, -0.2) is 18.9 Å². The molecular weight excluding hydrogens is 194 g/mol. The number of nitriles is 1. The first-order chi connectivity index (χ1) is 7.02. The molecule has 0 saturated heterocycles. The largest absolute Gasteiger partial charge is 0.468 e. The van der Waals surface area contributed by atoms with Crippen molar-refractivity contribution < 1.29 is 14.3 Å². The van der Waals surface area contributed by atoms with Crippen LogP contribution in [0.3, 0.4) is 0 Å². The summed E-state index contributed by atoms with van der Waals surface area (Å²) in [5.41, 5.74) is -1.37. The lowest BCUT2D eigenvalue weighted by molar-refractivity contribution is -0.151. The van der Waals surface area contributed by atoms with E-state index in [-0.39, 0.29) is 18.6 Å². The number of hydrogen-bond acceptors (Lipinski definition) is 4. The Balaban J connectivity index is 5.02. The summed E-state index contributed by atoms with van der Waals surface area (Å²) >= 11 is 0. The Hall–Kier alpha value is -1.63. The average Bonchev–Trinajstić information content (AvgIpc) is 2.22. The van der Waals surface area contributed by atoms with E-state index in [4.69, 9.17) is 5.26 Å². The molecule has 15 heavy (non-hydrogen) atoms. The lowest BCUT2D eigenvalue weighted by Gasteiger charge is -2.20. The summed E-state index contributed by atoms with van der Waals surface area (Å²) in [6, 6.07) is 1.89. The van der Waals surface area contributed by atoms with Gasteiger partial charge < -0.3 is 4.74 Å². The highest BCUT2D eigenvalue weighted by Gasteiger charge is 2.40. The van der Waals surface area contributed by atoms with E-state index in [1.807, 2.05) is 6.07 Å². The van der Waals surface area contributed by atoms with Gasteiger partial charge in [0.05, 0.1) is 13.2 Å². The Morgan fingerprint density at radius 1 is 1.53 bits per heavy atom. The van der Waals surface area contributed by atoms with Gasteiger partial charge in [-0.05, 0) is 20.3 Å². The number of nitrogens with zero attached hydrogens (tertiary/aromatic N) is 1. The van der Waals surface area contributed by atoms with Crippen molar-refractivity contribution in [1.82, 2.24) is 0 Å². The number of allylic oxidation sites excluding steroid dienone is 2. The minimum atomic E-state index is -1.37. The quantitative estimate of drug-likeness (QED) is 0.509. The molecule has 0 aliphatic rings. The highest BCUT2D eigenvalue weighted by molar-refractivity contribution is 5.88. The van der Waals surface area contributed by atoms with Gasteiger partial charge in [0.2, 0.25) is 0 Å². The summed E-state index contributed by atoms with van der Waals surface area (Å²) in [5, 5.41) is 9.02. The normalized spacial score (nSPS) is 14.3. The third kappa shape index (κ3) is 3.55. The molecule has 4 heteroatoms. The molecule has 0 unspecified atom stereocenters. The maximum Gasteiger partial charge on any atom is 0.326 e. The van der Waals surface area contributed by atoms with E-state index >= 15 is 0 Å². The van der Waals surface area contributed by atoms with Crippen LogP contribution < -0.4 is 0 Å². The smallest absolute Gasteiger partial charge is 0.326 e. The lowest BCUT2D eigenvalue weighted by atomic mass is 9.81. The van der Waals surface area contributed by atoms with Crippen molar-refractivity contribution in [3.05, 3.63) is 12.2 Å². The predicted octanol–water partition coefficient (Wildman–Crippen LogP) is 1.61. The molecule has 0 amide bonds. The maximum atomic E-state index is 11.5. The molecule has 0 saturated carbocycles. The van der Waals surface area contributed by atoms with E-state index in [2.05, 4.69) is 4.74 Å². The molecule has 0 spiro atoms. The first-order valence-electron chi connectivity index (χ1n) is 4.62. The van der Waals surface area contributed by atoms with E-state index in [0.29, 0.717) is 0 Å². The molecule has 0 aliphatic heterocycles. The number of rotatable bonds is 5. The van der Waals surface area contributed by atoms with Crippen LogP contribution in [0.4, 0.5) is 0 Å². The topological polar surface area (TPSA) is 67.2 Å². The summed E-state index contributed by atoms with van der Waals surface area (Å²) in [7, 11) is 1.21. The van der Waals surface area contributed by atoms with Crippen LogP contribution in [0.15, 0.2) is 12.2 Å². The summed E-state index contributed by atoms with van der Waals surface area (Å²) in [5.74, 6) is -0.857. The zero-order valence-corrected chi connectivity index (χ0v) is 9.24. The van der Waals surface area contributed by atoms with Gasteiger partial charge >= 0.3 is 5.97 Å². The zero-order chi connectivity index (χ0) is 11.9. The second-order valence-corrected chi connectivity index (χ2v) is 3.34. The molecule has 82 valence electrons. The van der Waals surface area contributed by atoms with E-state index in [1.54, 1.807) is 19.1 Å². The van der Waals surface area contributed by atoms with Crippen LogP contribution in [0, 0.1) is 16.7 Å². The number of methoxy groups -OCH3 is 1. The van der Waals surface area contributed by atoms with Gasteiger partial charge in [-0.15, -0.1) is 0 Å². The standard InChI is InChI=1S/C11H15NO3/c1-4-5-6-11(8-12,7-9(2)13)10(14)15-3/h4-5H,6-7H2,1-3H3/b5-4+/t11-/m0/s1. The van der Waals surface area contributed by atoms with E-state index in [9.17, 15) is 9.59 Å². The van der Waals surface area contributed by atoms with Crippen molar-refractivity contribution in [3.8, 4) is 6.07 Å². The average molecular weight is 209 g/mol. The minimum absolute atomic E-state index is 0.111. The number of Topliss-reactive ketones (excluding diaryl/α,β-unsaturated/α-hetero) is 1. The van der Waals surface area contributed by atoms with Crippen molar-refractivity contribution in [3.63, 3.8) is 0 Å². The zero-order valence-electron chi connectivity index (χ0n) is 9.24. The van der Waals surface area contributed by atoms with Crippen molar-refractivity contribution in [1.29, 1.82) is 5.26 Å². The molecule has 0 radical (unpaired) electrons. The minimum Gasteiger partial charge on any atom is -0.468 e. The van der Waals surface area contributed by atoms with Gasteiger partial charge in [-0.2, -0.15) is 5.26 Å². The third-order valence-electron chi connectivity index (χ3n) is 2.04. The first kappa shape index (κ1) is 13.4. The van der Waals surface area contributed by atoms with Crippen LogP contribution in [0.5, 0.6) is 0 Å². The van der Waals surface area contributed by atoms with Gasteiger partial charge in [0.25, 0.3) is 0 Å². The van der Waals surface area contributed by atoms with E-state index in [0.717, 1.165) is 0 Å². The second kappa shape index (κ2) is 5.97. The lowest BCUT2D eigenvalue weighted by Crippen LogP contribution is -2.32. The maximum absolute atomic E-state index is 11.5. The highest BCUT2D eigenvalue weighted by atomic mass is 16.5. The number of ether oxygens (including phenoxy) is 1. The molecule has 1 atom stereocenters. The molecule has 0 aliphatic carbocycles. The van der Waals surface area contributed by atoms with E-state index in [1.165, 1.54) is 14.0 Å². The fraction of sp³-hybridized carbons (Fsp3) is 0.545. The number of hydrogen-bond donors (Lipinski definition) is 0. The fourth-order valence-corrected chi connectivity index (χ4v) is 1.30. The van der Waals surface area contributed by atoms with Gasteiger partial charge in [-0.25, -0.2) is 0 Å². The van der Waals surface area contributed by atoms with Crippen LogP contribution in [0.25, 0.3) is 0 Å². The van der Waals surface area contributed by atoms with Gasteiger partial charge in [-0.1, -0.05) is 12.2 Å². The second-order valence-electron chi connectivity index (χ2n) is 3.34. The highest BCUT2D eigenvalue weighted by Crippen LogP contribution is 2.28. The van der Waals surface area contributed by atoms with Crippen LogP contribution in [0.2, 0.25) is 0 Å². The molecule has 0 aromatic carbocycles. The van der Waals surface area contributed by atoms with Gasteiger partial charge in [0, 0.05) is 6.42 Å². The first-order valence-corrected chi connectivity index (χ1v) is 4.62. The Labute approximate surface area is 89.5 Å². The van der Waals surface area contributed by atoms with Gasteiger partial charge in [0.1, 0.15) is 5.78 Å². The van der Waals surface area contributed by atoms with Crippen molar-refractivity contribution >= 4 is 11.8 Å². The monoisotopic (exact) mass is 209 g/mol. The Morgan fingerprint density at radius 2 is 2.13 bits per heavy atom. The summed E-state index contributed by atoms with van der Waals surface area (Å²) in [4.78, 5) is 22.5. The summed E-state index contributed by atoms with van der Waals surface area (Å²) in [6.07, 6.45) is 3.50. The van der Waals surface area contributed by atoms with Crippen molar-refractivity contribution in [2.75, 3.05) is 7.11 Å². The molecule has 0 fully saturated rings. The summed E-state index contributed by atoms with van der Waals surface area (Å²) < 4.78 is 4.56. The van der Waals surface area contributed by atoms with E-state index < -0.39 is 11.4 Å². The number of ketones is 1. The molecule has 4 nitrogen and oxygen atoms in total. The van der Waals surface area contributed by atoms with Crippen molar-refractivity contribution in [2.45, 2.75) is 26.7 Å².